The van der Waals surface area contributed by atoms with Crippen molar-refractivity contribution in [3.05, 3.63) is 59.8 Å². The summed E-state index contributed by atoms with van der Waals surface area (Å²) in [5.74, 6) is 2.36. The number of halogens is 1. The molecule has 0 bridgehead atoms. The third-order valence-electron chi connectivity index (χ3n) is 6.57. The van der Waals surface area contributed by atoms with Crippen LogP contribution in [-0.4, -0.2) is 72.8 Å². The summed E-state index contributed by atoms with van der Waals surface area (Å²) < 4.78 is 11.9. The number of fused-ring (bicyclic) bond motifs is 1. The Hall–Kier alpha value is -1.91. The van der Waals surface area contributed by atoms with Gasteiger partial charge in [0.2, 0.25) is 5.88 Å². The molecule has 3 fully saturated rings. The van der Waals surface area contributed by atoms with E-state index in [1.165, 1.54) is 18.4 Å². The lowest BCUT2D eigenvalue weighted by Crippen LogP contribution is -2.50. The number of guanidine groups is 1. The van der Waals surface area contributed by atoms with Gasteiger partial charge in [0.05, 0.1) is 25.4 Å². The predicted molar refractivity (Wildman–Crippen MR) is 140 cm³/mol. The number of nitrogens with one attached hydrogen (secondary N) is 1. The van der Waals surface area contributed by atoms with Crippen molar-refractivity contribution in [2.24, 2.45) is 10.9 Å². The van der Waals surface area contributed by atoms with Crippen LogP contribution in [0, 0.1) is 5.92 Å². The normalized spacial score (nSPS) is 23.1. The fourth-order valence-electron chi connectivity index (χ4n) is 4.55. The number of likely N-dealkylation sites (tertiary alicyclic amines) is 1. The number of morpholine rings is 1. The van der Waals surface area contributed by atoms with E-state index in [2.05, 4.69) is 61.5 Å². The van der Waals surface area contributed by atoms with E-state index in [0.29, 0.717) is 18.5 Å². The lowest BCUT2D eigenvalue weighted by molar-refractivity contribution is -0.0502. The van der Waals surface area contributed by atoms with E-state index in [1.54, 1.807) is 0 Å². The SMILES string of the molecule is CN=C(NCc1ccc(OCC2CC2)nc1)N1CC2OCCN(Cc3ccccc3)C2C1.I. The summed E-state index contributed by atoms with van der Waals surface area (Å²) in [6.07, 6.45) is 4.68. The van der Waals surface area contributed by atoms with Crippen LogP contribution < -0.4 is 10.1 Å². The largest absolute Gasteiger partial charge is 0.477 e. The molecule has 178 valence electrons. The zero-order chi connectivity index (χ0) is 21.8. The first-order valence-corrected chi connectivity index (χ1v) is 11.7. The first-order valence-electron chi connectivity index (χ1n) is 11.7. The number of pyridine rings is 1. The van der Waals surface area contributed by atoms with Gasteiger partial charge in [-0.1, -0.05) is 36.4 Å². The molecule has 7 nitrogen and oxygen atoms in total. The maximum atomic E-state index is 6.12. The lowest BCUT2D eigenvalue weighted by atomic mass is 10.1. The van der Waals surface area contributed by atoms with Crippen molar-refractivity contribution in [3.63, 3.8) is 0 Å². The van der Waals surface area contributed by atoms with Gasteiger partial charge in [-0.15, -0.1) is 24.0 Å². The Morgan fingerprint density at radius 2 is 2.00 bits per heavy atom. The summed E-state index contributed by atoms with van der Waals surface area (Å²) in [6.45, 7) is 5.98. The van der Waals surface area contributed by atoms with Gasteiger partial charge in [0, 0.05) is 52.0 Å². The Kier molecular flexibility index (Phi) is 8.43. The second-order valence-corrected chi connectivity index (χ2v) is 9.00. The smallest absolute Gasteiger partial charge is 0.213 e. The van der Waals surface area contributed by atoms with E-state index in [0.717, 1.165) is 56.8 Å². The highest BCUT2D eigenvalue weighted by Gasteiger charge is 2.41. The fourth-order valence-corrected chi connectivity index (χ4v) is 4.55. The fraction of sp³-hybridized carbons (Fsp3) is 0.520. The minimum absolute atomic E-state index is 0. The van der Waals surface area contributed by atoms with Gasteiger partial charge in [-0.2, -0.15) is 0 Å². The molecule has 2 atom stereocenters. The molecule has 3 aliphatic rings. The van der Waals surface area contributed by atoms with Gasteiger partial charge in [0.25, 0.3) is 0 Å². The number of hydrogen-bond acceptors (Lipinski definition) is 5. The van der Waals surface area contributed by atoms with Crippen molar-refractivity contribution in [1.82, 2.24) is 20.1 Å². The van der Waals surface area contributed by atoms with Gasteiger partial charge in [0.1, 0.15) is 0 Å². The molecule has 1 saturated carbocycles. The molecule has 2 unspecified atom stereocenters. The average Bonchev–Trinajstić information content (AvgIpc) is 3.56. The van der Waals surface area contributed by atoms with Crippen molar-refractivity contribution in [2.75, 3.05) is 39.9 Å². The van der Waals surface area contributed by atoms with E-state index in [-0.39, 0.29) is 30.1 Å². The lowest BCUT2D eigenvalue weighted by Gasteiger charge is -2.36. The number of aliphatic imine (C=N–C) groups is 1. The van der Waals surface area contributed by atoms with Crippen LogP contribution in [0.25, 0.3) is 0 Å². The van der Waals surface area contributed by atoms with Crippen LogP contribution in [-0.2, 0) is 17.8 Å². The summed E-state index contributed by atoms with van der Waals surface area (Å²) in [4.78, 5) is 13.9. The molecule has 2 aliphatic heterocycles. The van der Waals surface area contributed by atoms with Crippen molar-refractivity contribution in [1.29, 1.82) is 0 Å². The van der Waals surface area contributed by atoms with Crippen molar-refractivity contribution in [2.45, 2.75) is 38.1 Å². The summed E-state index contributed by atoms with van der Waals surface area (Å²) in [5.41, 5.74) is 2.47. The molecule has 1 aromatic carbocycles. The number of aromatic nitrogens is 1. The van der Waals surface area contributed by atoms with Crippen LogP contribution in [0.1, 0.15) is 24.0 Å². The minimum Gasteiger partial charge on any atom is -0.477 e. The molecule has 2 aromatic rings. The molecule has 0 spiro atoms. The van der Waals surface area contributed by atoms with Crippen LogP contribution in [0.15, 0.2) is 53.7 Å². The molecule has 1 N–H and O–H groups in total. The average molecular weight is 563 g/mol. The zero-order valence-corrected chi connectivity index (χ0v) is 21.6. The first kappa shape index (κ1) is 24.2. The monoisotopic (exact) mass is 563 g/mol. The molecule has 0 radical (unpaired) electrons. The van der Waals surface area contributed by atoms with Gasteiger partial charge in [-0.25, -0.2) is 4.98 Å². The third kappa shape index (κ3) is 6.36. The van der Waals surface area contributed by atoms with Gasteiger partial charge in [-0.3, -0.25) is 9.89 Å². The van der Waals surface area contributed by atoms with Crippen LogP contribution in [0.2, 0.25) is 0 Å². The number of nitrogens with zero attached hydrogens (tertiary/aromatic N) is 4. The second kappa shape index (κ2) is 11.5. The first-order chi connectivity index (χ1) is 15.8. The molecular formula is C25H34IN5O2. The molecule has 33 heavy (non-hydrogen) atoms. The maximum absolute atomic E-state index is 6.12. The number of ether oxygens (including phenoxy) is 2. The van der Waals surface area contributed by atoms with E-state index in [9.17, 15) is 0 Å². The van der Waals surface area contributed by atoms with Gasteiger partial charge < -0.3 is 19.7 Å². The van der Waals surface area contributed by atoms with Gasteiger partial charge >= 0.3 is 0 Å². The number of benzene rings is 1. The van der Waals surface area contributed by atoms with Crippen molar-refractivity contribution < 1.29 is 9.47 Å². The Balaban J connectivity index is 0.00000259. The highest BCUT2D eigenvalue weighted by atomic mass is 127. The van der Waals surface area contributed by atoms with Crippen LogP contribution in [0.4, 0.5) is 0 Å². The summed E-state index contributed by atoms with van der Waals surface area (Å²) >= 11 is 0. The molecule has 5 rings (SSSR count). The molecule has 2 saturated heterocycles. The highest BCUT2D eigenvalue weighted by Crippen LogP contribution is 2.29. The molecular weight excluding hydrogens is 529 g/mol. The van der Waals surface area contributed by atoms with Crippen LogP contribution >= 0.6 is 24.0 Å². The molecule has 1 aromatic heterocycles. The standard InChI is InChI=1S/C25H33N5O2.HI/c1-26-25(28-14-21-9-10-24(27-13-21)32-18-20-7-8-20)30-16-22-23(17-30)31-12-11-29(22)15-19-5-3-2-4-6-19;/h2-6,9-10,13,20,22-23H,7-8,11-12,14-18H2,1H3,(H,26,28);1H. The van der Waals surface area contributed by atoms with Crippen molar-refractivity contribution in [3.8, 4) is 5.88 Å². The minimum atomic E-state index is 0. The summed E-state index contributed by atoms with van der Waals surface area (Å²) in [6, 6.07) is 15.1. The van der Waals surface area contributed by atoms with Crippen molar-refractivity contribution >= 4 is 29.9 Å². The summed E-state index contributed by atoms with van der Waals surface area (Å²) in [5, 5.41) is 3.50. The second-order valence-electron chi connectivity index (χ2n) is 9.00. The van der Waals surface area contributed by atoms with Gasteiger partial charge in [-0.05, 0) is 29.9 Å². The third-order valence-corrected chi connectivity index (χ3v) is 6.57. The molecule has 0 amide bonds. The summed E-state index contributed by atoms with van der Waals surface area (Å²) in [7, 11) is 1.85. The topological polar surface area (TPSA) is 62.2 Å². The highest BCUT2D eigenvalue weighted by molar-refractivity contribution is 14.0. The van der Waals surface area contributed by atoms with Gasteiger partial charge in [0.15, 0.2) is 5.96 Å². The Bertz CT molecular complexity index is 907. The zero-order valence-electron chi connectivity index (χ0n) is 19.2. The number of hydrogen-bond donors (Lipinski definition) is 1. The Morgan fingerprint density at radius 3 is 2.73 bits per heavy atom. The quantitative estimate of drug-likeness (QED) is 0.318. The molecule has 1 aliphatic carbocycles. The van der Waals surface area contributed by atoms with E-state index >= 15 is 0 Å². The molecule has 3 heterocycles. The Labute approximate surface area is 213 Å². The van der Waals surface area contributed by atoms with E-state index < -0.39 is 0 Å². The predicted octanol–water partition coefficient (Wildman–Crippen LogP) is 3.15. The van der Waals surface area contributed by atoms with E-state index in [4.69, 9.17) is 9.47 Å². The number of rotatable bonds is 7. The van der Waals surface area contributed by atoms with Crippen LogP contribution in [0.5, 0.6) is 5.88 Å². The Morgan fingerprint density at radius 1 is 1.15 bits per heavy atom. The van der Waals surface area contributed by atoms with Crippen LogP contribution in [0.3, 0.4) is 0 Å². The van der Waals surface area contributed by atoms with E-state index in [1.807, 2.05) is 19.3 Å². The maximum Gasteiger partial charge on any atom is 0.213 e. The molecule has 8 heteroatoms.